The summed E-state index contributed by atoms with van der Waals surface area (Å²) in [6, 6.07) is 4.78. The van der Waals surface area contributed by atoms with Crippen LogP contribution in [0.2, 0.25) is 4.34 Å². The van der Waals surface area contributed by atoms with Gasteiger partial charge in [0.05, 0.1) is 4.34 Å². The lowest BCUT2D eigenvalue weighted by atomic mass is 9.90. The van der Waals surface area contributed by atoms with Crippen molar-refractivity contribution in [2.75, 3.05) is 6.54 Å². The van der Waals surface area contributed by atoms with Gasteiger partial charge in [-0.25, -0.2) is 0 Å². The largest absolute Gasteiger partial charge is 0.309 e. The van der Waals surface area contributed by atoms with Gasteiger partial charge in [-0.05, 0) is 43.9 Å². The molecule has 1 nitrogen and oxygen atoms in total. The van der Waals surface area contributed by atoms with Gasteiger partial charge in [0, 0.05) is 10.9 Å². The molecule has 1 fully saturated rings. The molecule has 1 atom stereocenters. The predicted octanol–water partition coefficient (Wildman–Crippen LogP) is 5.41. The Labute approximate surface area is 120 Å². The van der Waals surface area contributed by atoms with Crippen molar-refractivity contribution in [3.8, 4) is 0 Å². The van der Waals surface area contributed by atoms with Gasteiger partial charge in [0.25, 0.3) is 0 Å². The van der Waals surface area contributed by atoms with Crippen LogP contribution in [-0.2, 0) is 0 Å². The van der Waals surface area contributed by atoms with Gasteiger partial charge < -0.3 is 5.32 Å². The third kappa shape index (κ3) is 3.97. The van der Waals surface area contributed by atoms with Crippen LogP contribution in [0.4, 0.5) is 0 Å². The van der Waals surface area contributed by atoms with Crippen LogP contribution in [0, 0.1) is 5.92 Å². The molecule has 102 valence electrons. The smallest absolute Gasteiger partial charge is 0.0931 e. The van der Waals surface area contributed by atoms with Gasteiger partial charge in [-0.2, -0.15) is 0 Å². The Hall–Kier alpha value is -0.0500. The Morgan fingerprint density at radius 2 is 2.00 bits per heavy atom. The van der Waals surface area contributed by atoms with Crippen molar-refractivity contribution >= 4 is 22.9 Å². The first-order valence-corrected chi connectivity index (χ1v) is 8.49. The van der Waals surface area contributed by atoms with Crippen LogP contribution in [0.15, 0.2) is 12.1 Å². The molecule has 0 amide bonds. The molecule has 0 bridgehead atoms. The molecular weight excluding hydrogens is 262 g/mol. The topological polar surface area (TPSA) is 12.0 Å². The minimum absolute atomic E-state index is 0.528. The van der Waals surface area contributed by atoms with Crippen LogP contribution in [0.5, 0.6) is 0 Å². The molecule has 1 heterocycles. The lowest BCUT2D eigenvalue weighted by molar-refractivity contribution is 0.330. The molecule has 0 saturated heterocycles. The van der Waals surface area contributed by atoms with E-state index < -0.39 is 0 Å². The van der Waals surface area contributed by atoms with Crippen molar-refractivity contribution in [1.82, 2.24) is 5.32 Å². The molecule has 0 aliphatic heterocycles. The summed E-state index contributed by atoms with van der Waals surface area (Å²) in [6.45, 7) is 3.34. The Bertz CT molecular complexity index is 342. The summed E-state index contributed by atoms with van der Waals surface area (Å²) in [5.74, 6) is 0.800. The van der Waals surface area contributed by atoms with E-state index >= 15 is 0 Å². The molecule has 0 radical (unpaired) electrons. The molecular formula is C15H24ClNS. The van der Waals surface area contributed by atoms with Crippen molar-refractivity contribution in [2.45, 2.75) is 57.9 Å². The molecule has 1 aromatic heterocycles. The maximum atomic E-state index is 6.10. The fraction of sp³-hybridized carbons (Fsp3) is 0.733. The fourth-order valence-corrected chi connectivity index (χ4v) is 4.17. The highest BCUT2D eigenvalue weighted by atomic mass is 35.5. The van der Waals surface area contributed by atoms with Crippen molar-refractivity contribution in [2.24, 2.45) is 5.92 Å². The van der Waals surface area contributed by atoms with Gasteiger partial charge in [-0.1, -0.05) is 44.2 Å². The normalized spacial score (nSPS) is 19.7. The maximum Gasteiger partial charge on any atom is 0.0931 e. The second-order valence-electron chi connectivity index (χ2n) is 5.33. The lowest BCUT2D eigenvalue weighted by Gasteiger charge is -2.26. The summed E-state index contributed by atoms with van der Waals surface area (Å²) in [5, 5.41) is 3.75. The Morgan fingerprint density at radius 1 is 1.28 bits per heavy atom. The summed E-state index contributed by atoms with van der Waals surface area (Å²) < 4.78 is 0.918. The summed E-state index contributed by atoms with van der Waals surface area (Å²) in [6.07, 6.45) is 9.57. The molecule has 0 spiro atoms. The molecule has 1 unspecified atom stereocenters. The van der Waals surface area contributed by atoms with Gasteiger partial charge >= 0.3 is 0 Å². The standard InChI is InChI=1S/C15H24ClNS/c1-2-11-17-15(13-9-10-14(16)18-13)12-7-5-3-4-6-8-12/h9-10,12,15,17H,2-8,11H2,1H3. The SMILES string of the molecule is CCCNC(c1ccc(Cl)s1)C1CCCCCC1. The second kappa shape index (κ2) is 7.52. The third-order valence-electron chi connectivity index (χ3n) is 3.89. The zero-order valence-electron chi connectivity index (χ0n) is 11.3. The molecule has 1 aliphatic rings. The molecule has 1 aromatic rings. The predicted molar refractivity (Wildman–Crippen MR) is 81.6 cm³/mol. The highest BCUT2D eigenvalue weighted by molar-refractivity contribution is 7.16. The van der Waals surface area contributed by atoms with E-state index in [1.807, 2.05) is 6.07 Å². The first-order chi connectivity index (χ1) is 8.81. The second-order valence-corrected chi connectivity index (χ2v) is 7.07. The van der Waals surface area contributed by atoms with E-state index in [1.54, 1.807) is 11.3 Å². The minimum atomic E-state index is 0.528. The van der Waals surface area contributed by atoms with Crippen LogP contribution in [-0.4, -0.2) is 6.54 Å². The summed E-state index contributed by atoms with van der Waals surface area (Å²) in [5.41, 5.74) is 0. The van der Waals surface area contributed by atoms with Crippen LogP contribution < -0.4 is 5.32 Å². The van der Waals surface area contributed by atoms with Crippen molar-refractivity contribution in [3.05, 3.63) is 21.3 Å². The number of halogens is 1. The van der Waals surface area contributed by atoms with Crippen molar-refractivity contribution in [3.63, 3.8) is 0 Å². The van der Waals surface area contributed by atoms with Crippen molar-refractivity contribution < 1.29 is 0 Å². The average molecular weight is 286 g/mol. The molecule has 2 rings (SSSR count). The number of hydrogen-bond donors (Lipinski definition) is 1. The number of hydrogen-bond acceptors (Lipinski definition) is 2. The maximum absolute atomic E-state index is 6.10. The highest BCUT2D eigenvalue weighted by Crippen LogP contribution is 2.37. The van der Waals surface area contributed by atoms with E-state index in [9.17, 15) is 0 Å². The van der Waals surface area contributed by atoms with E-state index in [2.05, 4.69) is 18.3 Å². The van der Waals surface area contributed by atoms with E-state index in [-0.39, 0.29) is 0 Å². The minimum Gasteiger partial charge on any atom is -0.309 e. The van der Waals surface area contributed by atoms with Crippen molar-refractivity contribution in [1.29, 1.82) is 0 Å². The molecule has 3 heteroatoms. The van der Waals surface area contributed by atoms with E-state index in [0.29, 0.717) is 6.04 Å². The molecule has 0 aromatic carbocycles. The Kier molecular flexibility index (Phi) is 6.00. The lowest BCUT2D eigenvalue weighted by Crippen LogP contribution is -2.28. The first-order valence-electron chi connectivity index (χ1n) is 7.30. The average Bonchev–Trinajstić information content (AvgIpc) is 2.65. The monoisotopic (exact) mass is 285 g/mol. The number of nitrogens with one attached hydrogen (secondary N) is 1. The van der Waals surface area contributed by atoms with Gasteiger partial charge in [0.15, 0.2) is 0 Å². The van der Waals surface area contributed by atoms with Crippen LogP contribution >= 0.6 is 22.9 Å². The van der Waals surface area contributed by atoms with Crippen LogP contribution in [0.1, 0.15) is 62.8 Å². The summed E-state index contributed by atoms with van der Waals surface area (Å²) >= 11 is 7.85. The zero-order valence-corrected chi connectivity index (χ0v) is 12.8. The Morgan fingerprint density at radius 3 is 2.56 bits per heavy atom. The molecule has 1 N–H and O–H groups in total. The van der Waals surface area contributed by atoms with E-state index in [0.717, 1.165) is 16.8 Å². The molecule has 1 aliphatic carbocycles. The fourth-order valence-electron chi connectivity index (χ4n) is 2.94. The summed E-state index contributed by atoms with van der Waals surface area (Å²) in [4.78, 5) is 1.43. The molecule has 1 saturated carbocycles. The Balaban J connectivity index is 2.07. The quantitative estimate of drug-likeness (QED) is 0.713. The number of thiophene rings is 1. The van der Waals surface area contributed by atoms with E-state index in [4.69, 9.17) is 11.6 Å². The van der Waals surface area contributed by atoms with Gasteiger partial charge in [-0.3, -0.25) is 0 Å². The summed E-state index contributed by atoms with van der Waals surface area (Å²) in [7, 11) is 0. The zero-order chi connectivity index (χ0) is 12.8. The van der Waals surface area contributed by atoms with Crippen LogP contribution in [0.3, 0.4) is 0 Å². The van der Waals surface area contributed by atoms with Gasteiger partial charge in [0.1, 0.15) is 0 Å². The van der Waals surface area contributed by atoms with Gasteiger partial charge in [-0.15, -0.1) is 11.3 Å². The first kappa shape index (κ1) is 14.4. The third-order valence-corrected chi connectivity index (χ3v) is 5.20. The molecule has 18 heavy (non-hydrogen) atoms. The number of rotatable bonds is 5. The van der Waals surface area contributed by atoms with E-state index in [1.165, 1.54) is 49.8 Å². The van der Waals surface area contributed by atoms with Crippen LogP contribution in [0.25, 0.3) is 0 Å². The highest BCUT2D eigenvalue weighted by Gasteiger charge is 2.24. The van der Waals surface area contributed by atoms with Gasteiger partial charge in [0.2, 0.25) is 0 Å².